The smallest absolute Gasteiger partial charge is 0.344 e. The first kappa shape index (κ1) is 19.3. The molecule has 27 heavy (non-hydrogen) atoms. The highest BCUT2D eigenvalue weighted by molar-refractivity contribution is 5.79. The third kappa shape index (κ3) is 4.62. The first-order valence-corrected chi connectivity index (χ1v) is 8.60. The molecular weight excluding hydrogens is 363 g/mol. The molecule has 1 unspecified atom stereocenters. The minimum Gasteiger partial charge on any atom is -0.344 e. The maximum Gasteiger partial charge on any atom is 0.433 e. The van der Waals surface area contributed by atoms with Crippen LogP contribution in [0.4, 0.5) is 13.2 Å². The van der Waals surface area contributed by atoms with Crippen molar-refractivity contribution in [3.05, 3.63) is 29.9 Å². The fourth-order valence-corrected chi connectivity index (χ4v) is 2.92. The van der Waals surface area contributed by atoms with Crippen molar-refractivity contribution in [3.8, 4) is 11.4 Å². The van der Waals surface area contributed by atoms with E-state index in [1.807, 2.05) is 7.05 Å². The molecule has 1 fully saturated rings. The molecule has 1 saturated heterocycles. The number of carbonyl (C=O) groups excluding carboxylic acids is 1. The molecule has 10 heteroatoms. The monoisotopic (exact) mass is 383 g/mol. The Kier molecular flexibility index (Phi) is 5.45. The van der Waals surface area contributed by atoms with Crippen LogP contribution >= 0.6 is 0 Å². The summed E-state index contributed by atoms with van der Waals surface area (Å²) in [6.07, 6.45) is -1.96. The van der Waals surface area contributed by atoms with Gasteiger partial charge in [0.05, 0.1) is 0 Å². The second-order valence-electron chi connectivity index (χ2n) is 6.69. The Hall–Kier alpha value is -2.49. The van der Waals surface area contributed by atoms with Crippen LogP contribution in [0.15, 0.2) is 22.9 Å². The normalized spacial score (nSPS) is 17.7. The van der Waals surface area contributed by atoms with E-state index in [1.165, 1.54) is 6.07 Å². The molecule has 2 aromatic heterocycles. The van der Waals surface area contributed by atoms with Crippen LogP contribution in [-0.4, -0.2) is 46.1 Å². The number of rotatable bonds is 4. The van der Waals surface area contributed by atoms with Crippen molar-refractivity contribution in [1.82, 2.24) is 25.3 Å². The highest BCUT2D eigenvalue weighted by atomic mass is 19.4. The standard InChI is InChI=1S/C17H20F3N5O2/c1-10(22-15(26)11-4-7-25(2)8-5-11)16-23-14(24-27-16)12-3-6-21-13(9-12)17(18,19)20/h3,6,9-11H,4-5,7-8H2,1-2H3,(H,22,26). The van der Waals surface area contributed by atoms with Crippen LogP contribution < -0.4 is 5.32 Å². The van der Waals surface area contributed by atoms with Gasteiger partial charge in [-0.1, -0.05) is 5.16 Å². The number of hydrogen-bond donors (Lipinski definition) is 1. The van der Waals surface area contributed by atoms with Crippen LogP contribution in [0, 0.1) is 5.92 Å². The van der Waals surface area contributed by atoms with E-state index in [0.29, 0.717) is 0 Å². The summed E-state index contributed by atoms with van der Waals surface area (Å²) in [6.45, 7) is 3.42. The van der Waals surface area contributed by atoms with Gasteiger partial charge in [0.15, 0.2) is 0 Å². The number of likely N-dealkylation sites (tertiary alicyclic amines) is 1. The second kappa shape index (κ2) is 7.63. The predicted molar refractivity (Wildman–Crippen MR) is 89.3 cm³/mol. The molecular formula is C17H20F3N5O2. The Bertz CT molecular complexity index is 800. The van der Waals surface area contributed by atoms with Gasteiger partial charge in [-0.25, -0.2) is 0 Å². The molecule has 0 aromatic carbocycles. The molecule has 0 saturated carbocycles. The van der Waals surface area contributed by atoms with Crippen molar-refractivity contribution in [2.24, 2.45) is 5.92 Å². The van der Waals surface area contributed by atoms with Crippen molar-refractivity contribution < 1.29 is 22.5 Å². The quantitative estimate of drug-likeness (QED) is 0.874. The van der Waals surface area contributed by atoms with Crippen molar-refractivity contribution in [3.63, 3.8) is 0 Å². The first-order valence-electron chi connectivity index (χ1n) is 8.60. The Morgan fingerprint density at radius 1 is 1.37 bits per heavy atom. The average Bonchev–Trinajstić information content (AvgIpc) is 3.12. The molecule has 0 bridgehead atoms. The molecule has 1 aliphatic heterocycles. The van der Waals surface area contributed by atoms with Crippen molar-refractivity contribution in [2.45, 2.75) is 32.0 Å². The van der Waals surface area contributed by atoms with Gasteiger partial charge < -0.3 is 14.7 Å². The third-order valence-corrected chi connectivity index (χ3v) is 4.57. The minimum absolute atomic E-state index is 0.0123. The van der Waals surface area contributed by atoms with Crippen molar-refractivity contribution >= 4 is 5.91 Å². The summed E-state index contributed by atoms with van der Waals surface area (Å²) in [5.41, 5.74) is -0.892. The number of hydrogen-bond acceptors (Lipinski definition) is 6. The second-order valence-corrected chi connectivity index (χ2v) is 6.69. The zero-order valence-corrected chi connectivity index (χ0v) is 15.0. The molecule has 7 nitrogen and oxygen atoms in total. The molecule has 0 spiro atoms. The number of nitrogens with one attached hydrogen (secondary N) is 1. The highest BCUT2D eigenvalue weighted by Gasteiger charge is 2.33. The number of amides is 1. The van der Waals surface area contributed by atoms with Gasteiger partial charge in [-0.2, -0.15) is 18.2 Å². The first-order chi connectivity index (χ1) is 12.7. The Morgan fingerprint density at radius 2 is 2.07 bits per heavy atom. The van der Waals surface area contributed by atoms with Gasteiger partial charge in [-0.15, -0.1) is 0 Å². The van der Waals surface area contributed by atoms with E-state index in [1.54, 1.807) is 6.92 Å². The maximum absolute atomic E-state index is 12.8. The number of nitrogens with zero attached hydrogens (tertiary/aromatic N) is 4. The van der Waals surface area contributed by atoms with Crippen LogP contribution in [-0.2, 0) is 11.0 Å². The summed E-state index contributed by atoms with van der Waals surface area (Å²) in [7, 11) is 2.01. The van der Waals surface area contributed by atoms with E-state index in [4.69, 9.17) is 4.52 Å². The molecule has 3 rings (SSSR count). The van der Waals surface area contributed by atoms with E-state index in [9.17, 15) is 18.0 Å². The van der Waals surface area contributed by atoms with Crippen molar-refractivity contribution in [2.75, 3.05) is 20.1 Å². The number of aromatic nitrogens is 3. The zero-order chi connectivity index (χ0) is 19.6. The number of alkyl halides is 3. The number of pyridine rings is 1. The molecule has 0 aliphatic carbocycles. The molecule has 1 N–H and O–H groups in total. The van der Waals surface area contributed by atoms with Crippen LogP contribution in [0.3, 0.4) is 0 Å². The van der Waals surface area contributed by atoms with E-state index >= 15 is 0 Å². The van der Waals surface area contributed by atoms with Gasteiger partial charge in [0, 0.05) is 17.7 Å². The van der Waals surface area contributed by atoms with E-state index in [0.717, 1.165) is 38.2 Å². The lowest BCUT2D eigenvalue weighted by atomic mass is 9.96. The SMILES string of the molecule is CC(NC(=O)C1CCN(C)CC1)c1nc(-c2ccnc(C(F)(F)F)c2)no1. The fourth-order valence-electron chi connectivity index (χ4n) is 2.92. The number of carbonyl (C=O) groups is 1. The maximum atomic E-state index is 12.8. The molecule has 0 radical (unpaired) electrons. The van der Waals surface area contributed by atoms with E-state index in [2.05, 4.69) is 25.3 Å². The van der Waals surface area contributed by atoms with Gasteiger partial charge >= 0.3 is 6.18 Å². The molecule has 2 aromatic rings. The Morgan fingerprint density at radius 3 is 2.74 bits per heavy atom. The zero-order valence-electron chi connectivity index (χ0n) is 15.0. The van der Waals surface area contributed by atoms with Crippen LogP contribution in [0.2, 0.25) is 0 Å². The van der Waals surface area contributed by atoms with Crippen molar-refractivity contribution in [1.29, 1.82) is 0 Å². The van der Waals surface area contributed by atoms with Gasteiger partial charge in [-0.05, 0) is 52.0 Å². The number of piperidine rings is 1. The largest absolute Gasteiger partial charge is 0.433 e. The Labute approximate surface area is 154 Å². The van der Waals surface area contributed by atoms with E-state index < -0.39 is 17.9 Å². The van der Waals surface area contributed by atoms with Crippen LogP contribution in [0.1, 0.15) is 37.4 Å². The van der Waals surface area contributed by atoms with Gasteiger partial charge in [-0.3, -0.25) is 9.78 Å². The molecule has 1 aliphatic rings. The summed E-state index contributed by atoms with van der Waals surface area (Å²) in [5.74, 6) is -0.00543. The highest BCUT2D eigenvalue weighted by Crippen LogP contribution is 2.30. The lowest BCUT2D eigenvalue weighted by Crippen LogP contribution is -2.39. The summed E-state index contributed by atoms with van der Waals surface area (Å²) < 4.78 is 43.5. The molecule has 146 valence electrons. The minimum atomic E-state index is -4.56. The Balaban J connectivity index is 1.67. The molecule has 3 heterocycles. The lowest BCUT2D eigenvalue weighted by molar-refractivity contribution is -0.141. The summed E-state index contributed by atoms with van der Waals surface area (Å²) in [6, 6.07) is 1.68. The van der Waals surface area contributed by atoms with Gasteiger partial charge in [0.2, 0.25) is 17.6 Å². The third-order valence-electron chi connectivity index (χ3n) is 4.57. The summed E-state index contributed by atoms with van der Waals surface area (Å²) in [5, 5.41) is 6.56. The van der Waals surface area contributed by atoms with Gasteiger partial charge in [0.25, 0.3) is 0 Å². The topological polar surface area (TPSA) is 84.2 Å². The van der Waals surface area contributed by atoms with E-state index in [-0.39, 0.29) is 29.1 Å². The lowest BCUT2D eigenvalue weighted by Gasteiger charge is -2.28. The predicted octanol–water partition coefficient (Wildman–Crippen LogP) is 2.67. The van der Waals surface area contributed by atoms with Crippen LogP contribution in [0.5, 0.6) is 0 Å². The summed E-state index contributed by atoms with van der Waals surface area (Å²) >= 11 is 0. The molecule has 1 atom stereocenters. The summed E-state index contributed by atoms with van der Waals surface area (Å²) in [4.78, 5) is 22.0. The average molecular weight is 383 g/mol. The van der Waals surface area contributed by atoms with Crippen LogP contribution in [0.25, 0.3) is 11.4 Å². The molecule has 1 amide bonds. The number of halogens is 3. The fraction of sp³-hybridized carbons (Fsp3) is 0.529. The van der Waals surface area contributed by atoms with Gasteiger partial charge in [0.1, 0.15) is 11.7 Å².